The Hall–Kier alpha value is -0.620. The van der Waals surface area contributed by atoms with E-state index in [1.54, 1.807) is 12.1 Å². The number of ether oxygens (including phenoxy) is 1. The Labute approximate surface area is 106 Å². The summed E-state index contributed by atoms with van der Waals surface area (Å²) in [6.07, 6.45) is 0.606. The highest BCUT2D eigenvalue weighted by Crippen LogP contribution is 2.24. The lowest BCUT2D eigenvalue weighted by atomic mass is 10.0. The molecular formula is C10H8ClIO3. The lowest BCUT2D eigenvalue weighted by Crippen LogP contribution is -2.07. The maximum absolute atomic E-state index is 11.5. The zero-order valence-corrected chi connectivity index (χ0v) is 10.8. The van der Waals surface area contributed by atoms with Crippen molar-refractivity contribution in [1.29, 1.82) is 0 Å². The molecule has 0 saturated heterocycles. The molecule has 1 aromatic rings. The Morgan fingerprint density at radius 3 is 2.73 bits per heavy atom. The van der Waals surface area contributed by atoms with E-state index in [1.807, 2.05) is 22.6 Å². The molecule has 1 rings (SSSR count). The first kappa shape index (κ1) is 12.4. The van der Waals surface area contributed by atoms with Crippen LogP contribution in [0.25, 0.3) is 0 Å². The number of aldehydes is 1. The third kappa shape index (κ3) is 2.69. The number of hydrogen-bond donors (Lipinski definition) is 0. The van der Waals surface area contributed by atoms with Gasteiger partial charge in [-0.3, -0.25) is 9.59 Å². The first-order valence-electron chi connectivity index (χ1n) is 4.06. The number of carbonyl (C=O) groups is 2. The molecule has 3 nitrogen and oxygen atoms in total. The number of benzene rings is 1. The number of halogens is 2. The molecule has 0 radical (unpaired) electrons. The summed E-state index contributed by atoms with van der Waals surface area (Å²) in [6.45, 7) is 0. The molecule has 0 heterocycles. The van der Waals surface area contributed by atoms with Gasteiger partial charge in [0.05, 0.1) is 18.6 Å². The molecule has 0 bridgehead atoms. The van der Waals surface area contributed by atoms with E-state index in [4.69, 9.17) is 16.3 Å². The van der Waals surface area contributed by atoms with E-state index in [-0.39, 0.29) is 17.2 Å². The highest BCUT2D eigenvalue weighted by atomic mass is 127. The van der Waals surface area contributed by atoms with Gasteiger partial charge in [0.15, 0.2) is 12.1 Å². The number of hydrogen-bond acceptors (Lipinski definition) is 3. The molecule has 0 N–H and O–H groups in total. The van der Waals surface area contributed by atoms with Crippen molar-refractivity contribution in [3.8, 4) is 5.75 Å². The lowest BCUT2D eigenvalue weighted by Gasteiger charge is -2.08. The van der Waals surface area contributed by atoms with Crippen LogP contribution < -0.4 is 4.74 Å². The molecule has 15 heavy (non-hydrogen) atoms. The molecular weight excluding hydrogens is 330 g/mol. The summed E-state index contributed by atoms with van der Waals surface area (Å²) in [4.78, 5) is 22.3. The van der Waals surface area contributed by atoms with Crippen LogP contribution >= 0.6 is 34.2 Å². The summed E-state index contributed by atoms with van der Waals surface area (Å²) >= 11 is 7.50. The van der Waals surface area contributed by atoms with Crippen molar-refractivity contribution in [2.45, 2.75) is 0 Å². The average Bonchev–Trinajstić information content (AvgIpc) is 2.26. The van der Waals surface area contributed by atoms with Crippen molar-refractivity contribution >= 4 is 46.3 Å². The van der Waals surface area contributed by atoms with E-state index in [9.17, 15) is 9.59 Å². The van der Waals surface area contributed by atoms with Crippen molar-refractivity contribution in [1.82, 2.24) is 0 Å². The molecule has 0 unspecified atom stereocenters. The van der Waals surface area contributed by atoms with Gasteiger partial charge in [0.2, 0.25) is 0 Å². The van der Waals surface area contributed by atoms with Crippen LogP contribution in [0, 0.1) is 3.57 Å². The predicted octanol–water partition coefficient (Wildman–Crippen LogP) is 2.53. The average molecular weight is 339 g/mol. The van der Waals surface area contributed by atoms with Crippen LogP contribution in [0.4, 0.5) is 0 Å². The van der Waals surface area contributed by atoms with Crippen LogP contribution in [0.1, 0.15) is 20.7 Å². The SMILES string of the molecule is COc1cc(I)cc(C(=O)CCl)c1C=O. The molecule has 1 aromatic carbocycles. The fraction of sp³-hybridized carbons (Fsp3) is 0.200. The number of Topliss-reactive ketones (excluding diaryl/α,β-unsaturated/α-hetero) is 1. The largest absolute Gasteiger partial charge is 0.496 e. The van der Waals surface area contributed by atoms with Crippen LogP contribution in [-0.4, -0.2) is 25.1 Å². The standard InChI is InChI=1S/C10H8ClIO3/c1-15-10-3-6(12)2-7(8(10)5-13)9(14)4-11/h2-3,5H,4H2,1H3. The van der Waals surface area contributed by atoms with E-state index in [1.165, 1.54) is 7.11 Å². The summed E-state index contributed by atoms with van der Waals surface area (Å²) < 4.78 is 5.84. The van der Waals surface area contributed by atoms with Gasteiger partial charge in [0, 0.05) is 9.13 Å². The molecule has 0 spiro atoms. The summed E-state index contributed by atoms with van der Waals surface area (Å²) in [5.41, 5.74) is 0.562. The summed E-state index contributed by atoms with van der Waals surface area (Å²) in [5.74, 6) is -0.0367. The van der Waals surface area contributed by atoms with E-state index in [0.717, 1.165) is 3.57 Å². The lowest BCUT2D eigenvalue weighted by molar-refractivity contribution is 0.101. The highest BCUT2D eigenvalue weighted by molar-refractivity contribution is 14.1. The second kappa shape index (κ2) is 5.46. The topological polar surface area (TPSA) is 43.4 Å². The number of ketones is 1. The molecule has 80 valence electrons. The molecule has 5 heteroatoms. The Balaban J connectivity index is 3.41. The van der Waals surface area contributed by atoms with Gasteiger partial charge >= 0.3 is 0 Å². The van der Waals surface area contributed by atoms with Gasteiger partial charge in [-0.25, -0.2) is 0 Å². The van der Waals surface area contributed by atoms with E-state index < -0.39 is 0 Å². The van der Waals surface area contributed by atoms with Crippen LogP contribution in [0.5, 0.6) is 5.75 Å². The van der Waals surface area contributed by atoms with E-state index in [2.05, 4.69) is 0 Å². The minimum Gasteiger partial charge on any atom is -0.496 e. The van der Waals surface area contributed by atoms with Gasteiger partial charge < -0.3 is 4.74 Å². The second-order valence-corrected chi connectivity index (χ2v) is 4.26. The third-order valence-corrected chi connectivity index (χ3v) is 2.73. The van der Waals surface area contributed by atoms with Crippen molar-refractivity contribution in [3.05, 3.63) is 26.8 Å². The van der Waals surface area contributed by atoms with Gasteiger partial charge in [-0.2, -0.15) is 0 Å². The molecule has 0 aliphatic rings. The van der Waals surface area contributed by atoms with Gasteiger partial charge in [-0.15, -0.1) is 11.6 Å². The number of rotatable bonds is 4. The van der Waals surface area contributed by atoms with Gasteiger partial charge in [-0.1, -0.05) is 0 Å². The van der Waals surface area contributed by atoms with Crippen LogP contribution in [0.3, 0.4) is 0 Å². The number of alkyl halides is 1. The maximum atomic E-state index is 11.5. The van der Waals surface area contributed by atoms with Crippen molar-refractivity contribution < 1.29 is 14.3 Å². The van der Waals surface area contributed by atoms with Crippen LogP contribution in [0.2, 0.25) is 0 Å². The molecule has 0 atom stereocenters. The first-order chi connectivity index (χ1) is 7.13. The first-order valence-corrected chi connectivity index (χ1v) is 5.67. The maximum Gasteiger partial charge on any atom is 0.178 e. The smallest absolute Gasteiger partial charge is 0.178 e. The molecule has 0 fully saturated rings. The zero-order valence-electron chi connectivity index (χ0n) is 7.92. The fourth-order valence-electron chi connectivity index (χ4n) is 1.19. The minimum atomic E-state index is -0.282. The normalized spacial score (nSPS) is 9.80. The Kier molecular flexibility index (Phi) is 4.53. The quantitative estimate of drug-likeness (QED) is 0.367. The van der Waals surface area contributed by atoms with E-state index in [0.29, 0.717) is 17.6 Å². The van der Waals surface area contributed by atoms with Crippen LogP contribution in [-0.2, 0) is 0 Å². The van der Waals surface area contributed by atoms with Crippen LogP contribution in [0.15, 0.2) is 12.1 Å². The minimum absolute atomic E-state index is 0.149. The summed E-state index contributed by atoms with van der Waals surface area (Å²) in [7, 11) is 1.45. The molecule has 0 aromatic heterocycles. The van der Waals surface area contributed by atoms with Gasteiger partial charge in [-0.05, 0) is 34.7 Å². The van der Waals surface area contributed by atoms with E-state index >= 15 is 0 Å². The van der Waals surface area contributed by atoms with Crippen molar-refractivity contribution in [3.63, 3.8) is 0 Å². The monoisotopic (exact) mass is 338 g/mol. The Morgan fingerprint density at radius 1 is 1.60 bits per heavy atom. The van der Waals surface area contributed by atoms with Crippen molar-refractivity contribution in [2.24, 2.45) is 0 Å². The van der Waals surface area contributed by atoms with Gasteiger partial charge in [0.1, 0.15) is 5.75 Å². The number of carbonyl (C=O) groups excluding carboxylic acids is 2. The summed E-state index contributed by atoms with van der Waals surface area (Å²) in [5, 5.41) is 0. The zero-order chi connectivity index (χ0) is 11.4. The van der Waals surface area contributed by atoms with Gasteiger partial charge in [0.25, 0.3) is 0 Å². The third-order valence-electron chi connectivity index (χ3n) is 1.87. The highest BCUT2D eigenvalue weighted by Gasteiger charge is 2.15. The molecule has 0 amide bonds. The number of methoxy groups -OCH3 is 1. The Bertz CT molecular complexity index is 404. The van der Waals surface area contributed by atoms with Crippen molar-refractivity contribution in [2.75, 3.05) is 13.0 Å². The fourth-order valence-corrected chi connectivity index (χ4v) is 1.92. The molecule has 0 aliphatic heterocycles. The molecule has 0 aliphatic carbocycles. The Morgan fingerprint density at radius 2 is 2.27 bits per heavy atom. The predicted molar refractivity (Wildman–Crippen MR) is 66.1 cm³/mol. The molecule has 0 saturated carbocycles. The second-order valence-electron chi connectivity index (χ2n) is 2.74. The summed E-state index contributed by atoms with van der Waals surface area (Å²) in [6, 6.07) is 3.31.